The highest BCUT2D eigenvalue weighted by Crippen LogP contribution is 2.20. The largest absolute Gasteiger partial charge is 0.501 e. The van der Waals surface area contributed by atoms with Crippen molar-refractivity contribution in [2.24, 2.45) is 0 Å². The van der Waals surface area contributed by atoms with Crippen molar-refractivity contribution in [2.75, 3.05) is 13.2 Å². The summed E-state index contributed by atoms with van der Waals surface area (Å²) in [5.41, 5.74) is 4.68. The molecule has 0 saturated heterocycles. The summed E-state index contributed by atoms with van der Waals surface area (Å²) in [6, 6.07) is 8.49. The molecule has 22 heavy (non-hydrogen) atoms. The van der Waals surface area contributed by atoms with Crippen LogP contribution in [-0.4, -0.2) is 13.2 Å². The lowest BCUT2D eigenvalue weighted by Crippen LogP contribution is -1.90. The van der Waals surface area contributed by atoms with E-state index in [0.717, 1.165) is 50.0 Å². The molecular formula is C20H30O2. The molecule has 0 aliphatic heterocycles. The summed E-state index contributed by atoms with van der Waals surface area (Å²) in [6.45, 7) is 10.1. The van der Waals surface area contributed by atoms with Gasteiger partial charge in [0.25, 0.3) is 0 Å². The molecule has 122 valence electrons. The molecular weight excluding hydrogens is 272 g/mol. The van der Waals surface area contributed by atoms with Crippen molar-refractivity contribution in [1.29, 1.82) is 0 Å². The van der Waals surface area contributed by atoms with Gasteiger partial charge in [-0.2, -0.15) is 0 Å². The van der Waals surface area contributed by atoms with Gasteiger partial charge in [0.05, 0.1) is 25.7 Å². The lowest BCUT2D eigenvalue weighted by Gasteiger charge is -2.08. The molecule has 2 nitrogen and oxygen atoms in total. The van der Waals surface area contributed by atoms with Gasteiger partial charge in [0.2, 0.25) is 0 Å². The van der Waals surface area contributed by atoms with Crippen LogP contribution in [-0.2, 0) is 9.47 Å². The summed E-state index contributed by atoms with van der Waals surface area (Å²) in [5, 5.41) is 0. The zero-order valence-electron chi connectivity index (χ0n) is 14.5. The Morgan fingerprint density at radius 2 is 1.32 bits per heavy atom. The smallest absolute Gasteiger partial charge is 0.0873 e. The van der Waals surface area contributed by atoms with Crippen LogP contribution < -0.4 is 0 Å². The SMILES string of the molecule is CCCCOC=C(C)c1cccc(C(C)=COCCCC)c1. The fraction of sp³-hybridized carbons (Fsp3) is 0.500. The lowest BCUT2D eigenvalue weighted by atomic mass is 10.0. The van der Waals surface area contributed by atoms with Crippen LogP contribution in [0.3, 0.4) is 0 Å². The Labute approximate surface area is 135 Å². The first-order valence-corrected chi connectivity index (χ1v) is 8.36. The second-order valence-corrected chi connectivity index (χ2v) is 5.63. The summed E-state index contributed by atoms with van der Waals surface area (Å²) in [7, 11) is 0. The molecule has 0 bridgehead atoms. The van der Waals surface area contributed by atoms with Crippen LogP contribution in [0.25, 0.3) is 11.1 Å². The van der Waals surface area contributed by atoms with Crippen molar-refractivity contribution in [3.05, 3.63) is 47.9 Å². The molecule has 0 aliphatic rings. The van der Waals surface area contributed by atoms with E-state index in [0.29, 0.717) is 0 Å². The van der Waals surface area contributed by atoms with Crippen LogP contribution in [0.5, 0.6) is 0 Å². The van der Waals surface area contributed by atoms with Gasteiger partial charge in [0.1, 0.15) is 0 Å². The van der Waals surface area contributed by atoms with Gasteiger partial charge in [-0.3, -0.25) is 0 Å². The number of benzene rings is 1. The number of allylic oxidation sites excluding steroid dienone is 2. The molecule has 0 heterocycles. The summed E-state index contributed by atoms with van der Waals surface area (Å²) < 4.78 is 11.2. The Kier molecular flexibility index (Phi) is 9.13. The van der Waals surface area contributed by atoms with Crippen LogP contribution in [0.2, 0.25) is 0 Å². The molecule has 0 unspecified atom stereocenters. The average molecular weight is 302 g/mol. The fourth-order valence-electron chi connectivity index (χ4n) is 1.97. The highest BCUT2D eigenvalue weighted by Gasteiger charge is 2.01. The van der Waals surface area contributed by atoms with E-state index < -0.39 is 0 Å². The second-order valence-electron chi connectivity index (χ2n) is 5.63. The lowest BCUT2D eigenvalue weighted by molar-refractivity contribution is 0.245. The predicted molar refractivity (Wildman–Crippen MR) is 95.5 cm³/mol. The number of unbranched alkanes of at least 4 members (excludes halogenated alkanes) is 2. The van der Waals surface area contributed by atoms with E-state index in [1.54, 1.807) is 0 Å². The summed E-state index contributed by atoms with van der Waals surface area (Å²) in [5.74, 6) is 0. The Morgan fingerprint density at radius 1 is 0.864 bits per heavy atom. The molecule has 0 atom stereocenters. The number of rotatable bonds is 10. The third kappa shape index (κ3) is 6.84. The molecule has 0 spiro atoms. The highest BCUT2D eigenvalue weighted by molar-refractivity contribution is 5.70. The van der Waals surface area contributed by atoms with Crippen molar-refractivity contribution in [1.82, 2.24) is 0 Å². The predicted octanol–water partition coefficient (Wildman–Crippen LogP) is 6.04. The summed E-state index contributed by atoms with van der Waals surface area (Å²) >= 11 is 0. The Morgan fingerprint density at radius 3 is 1.73 bits per heavy atom. The van der Waals surface area contributed by atoms with E-state index in [9.17, 15) is 0 Å². The molecule has 0 radical (unpaired) electrons. The maximum Gasteiger partial charge on any atom is 0.0873 e. The van der Waals surface area contributed by atoms with E-state index in [4.69, 9.17) is 9.47 Å². The first kappa shape index (κ1) is 18.3. The van der Waals surface area contributed by atoms with Gasteiger partial charge in [0, 0.05) is 0 Å². The summed E-state index contributed by atoms with van der Waals surface area (Å²) in [6.07, 6.45) is 8.24. The van der Waals surface area contributed by atoms with Crippen LogP contribution in [0.4, 0.5) is 0 Å². The van der Waals surface area contributed by atoms with E-state index >= 15 is 0 Å². The van der Waals surface area contributed by atoms with E-state index in [2.05, 4.69) is 52.0 Å². The fourth-order valence-corrected chi connectivity index (χ4v) is 1.97. The average Bonchev–Trinajstić information content (AvgIpc) is 2.55. The van der Waals surface area contributed by atoms with E-state index in [1.807, 2.05) is 12.5 Å². The van der Waals surface area contributed by atoms with E-state index in [1.165, 1.54) is 11.1 Å². The number of ether oxygens (including phenoxy) is 2. The number of hydrogen-bond donors (Lipinski definition) is 0. The van der Waals surface area contributed by atoms with Crippen molar-refractivity contribution >= 4 is 11.1 Å². The van der Waals surface area contributed by atoms with Crippen molar-refractivity contribution in [2.45, 2.75) is 53.4 Å². The Balaban J connectivity index is 2.68. The van der Waals surface area contributed by atoms with Crippen LogP contribution >= 0.6 is 0 Å². The maximum atomic E-state index is 5.58. The standard InChI is InChI=1S/C20H30O2/c1-5-7-12-21-15-17(3)19-10-9-11-20(14-19)18(4)16-22-13-8-6-2/h9-11,14-16H,5-8,12-13H2,1-4H3. The second kappa shape index (κ2) is 10.9. The molecule has 0 fully saturated rings. The maximum absolute atomic E-state index is 5.58. The molecule has 0 N–H and O–H groups in total. The normalized spacial score (nSPS) is 12.4. The molecule has 0 amide bonds. The monoisotopic (exact) mass is 302 g/mol. The molecule has 0 aliphatic carbocycles. The van der Waals surface area contributed by atoms with Gasteiger partial charge >= 0.3 is 0 Å². The molecule has 1 aromatic rings. The van der Waals surface area contributed by atoms with Crippen molar-refractivity contribution in [3.8, 4) is 0 Å². The third-order valence-corrected chi connectivity index (χ3v) is 3.52. The first-order valence-electron chi connectivity index (χ1n) is 8.36. The molecule has 1 aromatic carbocycles. The Bertz CT molecular complexity index is 445. The quantitative estimate of drug-likeness (QED) is 0.387. The van der Waals surface area contributed by atoms with Gasteiger partial charge in [-0.25, -0.2) is 0 Å². The molecule has 1 rings (SSSR count). The zero-order valence-corrected chi connectivity index (χ0v) is 14.5. The Hall–Kier alpha value is -1.70. The van der Waals surface area contributed by atoms with Crippen molar-refractivity contribution in [3.63, 3.8) is 0 Å². The van der Waals surface area contributed by atoms with Crippen LogP contribution in [0.1, 0.15) is 64.5 Å². The molecule has 2 heteroatoms. The number of hydrogen-bond acceptors (Lipinski definition) is 2. The third-order valence-electron chi connectivity index (χ3n) is 3.52. The van der Waals surface area contributed by atoms with Crippen molar-refractivity contribution < 1.29 is 9.47 Å². The van der Waals surface area contributed by atoms with Gasteiger partial charge in [0.15, 0.2) is 0 Å². The highest BCUT2D eigenvalue weighted by atomic mass is 16.5. The molecule has 0 saturated carbocycles. The van der Waals surface area contributed by atoms with Crippen LogP contribution in [0, 0.1) is 0 Å². The minimum absolute atomic E-state index is 0.789. The van der Waals surface area contributed by atoms with E-state index in [-0.39, 0.29) is 0 Å². The minimum atomic E-state index is 0.789. The van der Waals surface area contributed by atoms with Gasteiger partial charge in [-0.15, -0.1) is 0 Å². The zero-order chi connectivity index (χ0) is 16.2. The summed E-state index contributed by atoms with van der Waals surface area (Å²) in [4.78, 5) is 0. The van der Waals surface area contributed by atoms with Gasteiger partial charge < -0.3 is 9.47 Å². The van der Waals surface area contributed by atoms with Gasteiger partial charge in [-0.1, -0.05) is 44.9 Å². The van der Waals surface area contributed by atoms with Crippen LogP contribution in [0.15, 0.2) is 36.8 Å². The topological polar surface area (TPSA) is 18.5 Å². The first-order chi connectivity index (χ1) is 10.7. The van der Waals surface area contributed by atoms with Gasteiger partial charge in [-0.05, 0) is 55.0 Å². The molecule has 0 aromatic heterocycles. The minimum Gasteiger partial charge on any atom is -0.501 e.